The summed E-state index contributed by atoms with van der Waals surface area (Å²) in [6.45, 7) is 5.69. The lowest BCUT2D eigenvalue weighted by atomic mass is 9.77. The molecule has 3 rings (SSSR count). The van der Waals surface area contributed by atoms with Gasteiger partial charge in [-0.2, -0.15) is 0 Å². The Balaban J connectivity index is 2.04. The highest BCUT2D eigenvalue weighted by Gasteiger charge is 2.42. The first-order chi connectivity index (χ1) is 9.66. The van der Waals surface area contributed by atoms with Crippen LogP contribution in [0.15, 0.2) is 18.2 Å². The normalized spacial score (nSPS) is 20.7. The number of ether oxygens (including phenoxy) is 1. The van der Waals surface area contributed by atoms with Gasteiger partial charge in [-0.15, -0.1) is 0 Å². The van der Waals surface area contributed by atoms with Crippen LogP contribution in [0.5, 0.6) is 5.75 Å². The molecule has 20 heavy (non-hydrogen) atoms. The Bertz CT molecular complexity index is 478. The van der Waals surface area contributed by atoms with E-state index >= 15 is 0 Å². The van der Waals surface area contributed by atoms with Gasteiger partial charge in [0.25, 0.3) is 0 Å². The summed E-state index contributed by atoms with van der Waals surface area (Å²) in [6.07, 6.45) is 6.69. The zero-order valence-electron chi connectivity index (χ0n) is 12.9. The van der Waals surface area contributed by atoms with Gasteiger partial charge in [0.1, 0.15) is 5.75 Å². The second-order valence-electron chi connectivity index (χ2n) is 6.49. The van der Waals surface area contributed by atoms with Crippen molar-refractivity contribution >= 4 is 11.4 Å². The molecule has 0 aromatic heterocycles. The number of fused-ring (bicyclic) bond motifs is 1. The largest absolute Gasteiger partial charge is 0.497 e. The summed E-state index contributed by atoms with van der Waals surface area (Å²) in [5, 5.41) is 3.66. The van der Waals surface area contributed by atoms with Gasteiger partial charge < -0.3 is 15.0 Å². The predicted octanol–water partition coefficient (Wildman–Crippen LogP) is 4.04. The summed E-state index contributed by atoms with van der Waals surface area (Å²) in [7, 11) is 1.74. The number of nitrogens with one attached hydrogen (secondary N) is 1. The van der Waals surface area contributed by atoms with Gasteiger partial charge in [0, 0.05) is 18.7 Å². The van der Waals surface area contributed by atoms with Gasteiger partial charge >= 0.3 is 0 Å². The number of methoxy groups -OCH3 is 1. The van der Waals surface area contributed by atoms with Crippen LogP contribution in [-0.4, -0.2) is 25.2 Å². The topological polar surface area (TPSA) is 24.5 Å². The van der Waals surface area contributed by atoms with Crippen molar-refractivity contribution in [3.8, 4) is 5.75 Å². The zero-order valence-corrected chi connectivity index (χ0v) is 12.9. The number of hydrogen-bond donors (Lipinski definition) is 1. The van der Waals surface area contributed by atoms with E-state index in [0.29, 0.717) is 11.6 Å². The first-order valence-electron chi connectivity index (χ1n) is 7.87. The van der Waals surface area contributed by atoms with Gasteiger partial charge in [-0.3, -0.25) is 0 Å². The molecule has 0 unspecified atom stereocenters. The minimum absolute atomic E-state index is 0.297. The van der Waals surface area contributed by atoms with E-state index in [1.54, 1.807) is 7.11 Å². The fraction of sp³-hybridized carbons (Fsp3) is 0.647. The molecule has 1 fully saturated rings. The molecule has 0 saturated heterocycles. The molecule has 3 heteroatoms. The smallest absolute Gasteiger partial charge is 0.121 e. The average molecular weight is 274 g/mol. The van der Waals surface area contributed by atoms with E-state index in [-0.39, 0.29) is 0 Å². The van der Waals surface area contributed by atoms with Crippen molar-refractivity contribution in [3.05, 3.63) is 18.2 Å². The average Bonchev–Trinajstić information content (AvgIpc) is 2.47. The van der Waals surface area contributed by atoms with Crippen LogP contribution in [0, 0.1) is 0 Å². The Morgan fingerprint density at radius 1 is 1.20 bits per heavy atom. The molecule has 0 atom stereocenters. The minimum Gasteiger partial charge on any atom is -0.497 e. The van der Waals surface area contributed by atoms with Crippen molar-refractivity contribution < 1.29 is 4.74 Å². The standard InChI is InChI=1S/C17H26N2O/c1-13(2)19-16-11-14(20-3)7-8-15(16)18-12-17(19)9-5-4-6-10-17/h7-8,11,13,18H,4-6,9-10,12H2,1-3H3. The van der Waals surface area contributed by atoms with Crippen LogP contribution in [0.25, 0.3) is 0 Å². The fourth-order valence-electron chi connectivity index (χ4n) is 4.04. The number of anilines is 2. The van der Waals surface area contributed by atoms with E-state index in [1.165, 1.54) is 43.5 Å². The molecular formula is C17H26N2O. The Hall–Kier alpha value is -1.38. The second kappa shape index (κ2) is 5.19. The molecule has 2 aliphatic rings. The van der Waals surface area contributed by atoms with Crippen LogP contribution in [-0.2, 0) is 0 Å². The fourth-order valence-corrected chi connectivity index (χ4v) is 4.04. The third-order valence-corrected chi connectivity index (χ3v) is 4.88. The van der Waals surface area contributed by atoms with Gasteiger partial charge in [0.2, 0.25) is 0 Å². The highest BCUT2D eigenvalue weighted by atomic mass is 16.5. The summed E-state index contributed by atoms with van der Waals surface area (Å²) in [6, 6.07) is 6.90. The molecule has 1 aliphatic carbocycles. The van der Waals surface area contributed by atoms with Crippen molar-refractivity contribution in [2.24, 2.45) is 0 Å². The van der Waals surface area contributed by atoms with Gasteiger partial charge in [-0.05, 0) is 38.8 Å². The molecule has 1 aromatic rings. The number of hydrogen-bond acceptors (Lipinski definition) is 3. The van der Waals surface area contributed by atoms with Crippen molar-refractivity contribution in [3.63, 3.8) is 0 Å². The lowest BCUT2D eigenvalue weighted by Crippen LogP contribution is -2.59. The Morgan fingerprint density at radius 2 is 1.95 bits per heavy atom. The van der Waals surface area contributed by atoms with Crippen LogP contribution < -0.4 is 15.0 Å². The van der Waals surface area contributed by atoms with Crippen LogP contribution in [0.2, 0.25) is 0 Å². The molecular weight excluding hydrogens is 248 g/mol. The van der Waals surface area contributed by atoms with Crippen LogP contribution in [0.3, 0.4) is 0 Å². The molecule has 110 valence electrons. The van der Waals surface area contributed by atoms with Gasteiger partial charge in [0.15, 0.2) is 0 Å². The second-order valence-corrected chi connectivity index (χ2v) is 6.49. The molecule has 0 amide bonds. The summed E-state index contributed by atoms with van der Waals surface area (Å²) < 4.78 is 5.43. The van der Waals surface area contributed by atoms with Gasteiger partial charge in [-0.1, -0.05) is 19.3 Å². The van der Waals surface area contributed by atoms with Crippen molar-refractivity contribution in [1.82, 2.24) is 0 Å². The number of benzene rings is 1. The summed E-state index contributed by atoms with van der Waals surface area (Å²) in [5.41, 5.74) is 2.86. The molecule has 1 heterocycles. The maximum atomic E-state index is 5.43. The molecule has 1 aromatic carbocycles. The lowest BCUT2D eigenvalue weighted by molar-refractivity contribution is 0.270. The van der Waals surface area contributed by atoms with E-state index < -0.39 is 0 Å². The van der Waals surface area contributed by atoms with E-state index in [9.17, 15) is 0 Å². The molecule has 1 N–H and O–H groups in total. The number of nitrogens with zero attached hydrogens (tertiary/aromatic N) is 1. The highest BCUT2D eigenvalue weighted by molar-refractivity contribution is 5.76. The third kappa shape index (κ3) is 2.13. The first-order valence-corrected chi connectivity index (χ1v) is 7.87. The van der Waals surface area contributed by atoms with Crippen LogP contribution >= 0.6 is 0 Å². The summed E-state index contributed by atoms with van der Waals surface area (Å²) >= 11 is 0. The van der Waals surface area contributed by atoms with E-state index in [1.807, 2.05) is 6.07 Å². The lowest BCUT2D eigenvalue weighted by Gasteiger charge is -2.53. The molecule has 1 aliphatic heterocycles. The molecule has 3 nitrogen and oxygen atoms in total. The maximum absolute atomic E-state index is 5.43. The molecule has 0 bridgehead atoms. The van der Waals surface area contributed by atoms with Gasteiger partial charge in [-0.25, -0.2) is 0 Å². The SMILES string of the molecule is COc1ccc2c(c1)N(C(C)C)C1(CCCCC1)CN2. The maximum Gasteiger partial charge on any atom is 0.121 e. The third-order valence-electron chi connectivity index (χ3n) is 4.88. The zero-order chi connectivity index (χ0) is 14.2. The monoisotopic (exact) mass is 274 g/mol. The van der Waals surface area contributed by atoms with E-state index in [0.717, 1.165) is 12.3 Å². The molecule has 1 saturated carbocycles. The molecule has 1 spiro atoms. The van der Waals surface area contributed by atoms with E-state index in [4.69, 9.17) is 4.74 Å². The Labute approximate surface area is 122 Å². The van der Waals surface area contributed by atoms with E-state index in [2.05, 4.69) is 36.2 Å². The number of rotatable bonds is 2. The molecule has 0 radical (unpaired) electrons. The van der Waals surface area contributed by atoms with Crippen molar-refractivity contribution in [2.75, 3.05) is 23.9 Å². The quantitative estimate of drug-likeness (QED) is 0.881. The van der Waals surface area contributed by atoms with Crippen LogP contribution in [0.1, 0.15) is 46.0 Å². The first kappa shape index (κ1) is 13.6. The highest BCUT2D eigenvalue weighted by Crippen LogP contribution is 2.45. The van der Waals surface area contributed by atoms with Crippen molar-refractivity contribution in [2.45, 2.75) is 57.5 Å². The van der Waals surface area contributed by atoms with Crippen LogP contribution in [0.4, 0.5) is 11.4 Å². The predicted molar refractivity (Wildman–Crippen MR) is 84.9 cm³/mol. The minimum atomic E-state index is 0.297. The summed E-state index contributed by atoms with van der Waals surface area (Å²) in [4.78, 5) is 2.65. The summed E-state index contributed by atoms with van der Waals surface area (Å²) in [5.74, 6) is 0.948. The van der Waals surface area contributed by atoms with Crippen molar-refractivity contribution in [1.29, 1.82) is 0 Å². The van der Waals surface area contributed by atoms with Gasteiger partial charge in [0.05, 0.1) is 24.0 Å². The Morgan fingerprint density at radius 3 is 2.60 bits per heavy atom. The Kier molecular flexibility index (Phi) is 3.53.